The monoisotopic (exact) mass is 1150 g/mol. The molecule has 0 aromatic carbocycles. The first-order valence-corrected chi connectivity index (χ1v) is 28.4. The second-order valence-corrected chi connectivity index (χ2v) is 21.5. The molecule has 28 nitrogen and oxygen atoms in total. The first-order chi connectivity index (χ1) is 37.2. The molecule has 0 aromatic rings. The van der Waals surface area contributed by atoms with Crippen LogP contribution in [0.2, 0.25) is 0 Å². The van der Waals surface area contributed by atoms with Crippen molar-refractivity contribution in [1.29, 1.82) is 0 Å². The Morgan fingerprint density at radius 3 is 1.87 bits per heavy atom. The van der Waals surface area contributed by atoms with Crippen molar-refractivity contribution in [2.45, 2.75) is 180 Å². The van der Waals surface area contributed by atoms with Crippen molar-refractivity contribution in [1.82, 2.24) is 47.4 Å². The van der Waals surface area contributed by atoms with Crippen LogP contribution in [0, 0.1) is 11.8 Å². The number of hydrogen-bond donors (Lipinski definition) is 13. The first kappa shape index (κ1) is 70.9. The molecule has 29 heteroatoms. The Morgan fingerprint density at radius 1 is 0.759 bits per heavy atom. The molecule has 0 aliphatic carbocycles. The van der Waals surface area contributed by atoms with E-state index in [0.29, 0.717) is 25.2 Å². The van der Waals surface area contributed by atoms with Gasteiger partial charge in [0, 0.05) is 13.5 Å². The van der Waals surface area contributed by atoms with Crippen LogP contribution < -0.4 is 54.0 Å². The molecular weight excluding hydrogens is 1060 g/mol. The SMILES string of the molecule is CC=C1NC(=O)C(CCN)NC(=O)C(CO)NC(=O)C(NC(=O)C(CS(=O)(=O)O)NC(=O)CC(=O)CCCCCCCCC(C)CC)C(C)OC(=O)CN(C)C(=O)C(CCCCN)NC(=O)C(CO)NC(=O)C(C(C)C)NC1=O. The summed E-state index contributed by atoms with van der Waals surface area (Å²) in [5.74, 6) is -13.5. The molecule has 1 aliphatic rings. The molecule has 0 bridgehead atoms. The first-order valence-electron chi connectivity index (χ1n) is 26.8. The number of ether oxygens (including phenoxy) is 1. The third-order valence-corrected chi connectivity index (χ3v) is 13.7. The van der Waals surface area contributed by atoms with Gasteiger partial charge in [-0.15, -0.1) is 0 Å². The number of Topliss-reactive ketones (excluding diaryl/α,β-unsaturated/α-hetero) is 1. The fourth-order valence-electron chi connectivity index (χ4n) is 8.01. The minimum absolute atomic E-state index is 0.00118. The Labute approximate surface area is 462 Å². The lowest BCUT2D eigenvalue weighted by molar-refractivity contribution is -0.156. The largest absolute Gasteiger partial charge is 0.459 e. The van der Waals surface area contributed by atoms with Gasteiger partial charge < -0.3 is 73.9 Å². The summed E-state index contributed by atoms with van der Waals surface area (Å²) in [4.78, 5) is 150. The smallest absolute Gasteiger partial charge is 0.325 e. The minimum Gasteiger partial charge on any atom is -0.459 e. The highest BCUT2D eigenvalue weighted by molar-refractivity contribution is 7.85. The van der Waals surface area contributed by atoms with E-state index >= 15 is 0 Å². The molecule has 15 N–H and O–H groups in total. The lowest BCUT2D eigenvalue weighted by Crippen LogP contribution is -2.62. The summed E-state index contributed by atoms with van der Waals surface area (Å²) >= 11 is 0. The molecule has 9 amide bonds. The van der Waals surface area contributed by atoms with E-state index in [0.717, 1.165) is 63.5 Å². The number of amides is 9. The van der Waals surface area contributed by atoms with Gasteiger partial charge in [0.25, 0.3) is 16.0 Å². The summed E-state index contributed by atoms with van der Waals surface area (Å²) in [6.07, 6.45) is 6.20. The molecule has 1 fully saturated rings. The summed E-state index contributed by atoms with van der Waals surface area (Å²) < 4.78 is 39.6. The highest BCUT2D eigenvalue weighted by Gasteiger charge is 2.38. The molecule has 1 rings (SSSR count). The van der Waals surface area contributed by atoms with E-state index in [1.54, 1.807) is 13.8 Å². The quantitative estimate of drug-likeness (QED) is 0.0134. The number of cyclic esters (lactones) is 1. The third kappa shape index (κ3) is 27.1. The van der Waals surface area contributed by atoms with Crippen molar-refractivity contribution in [2.75, 3.05) is 45.6 Å². The molecule has 0 aromatic heterocycles. The van der Waals surface area contributed by atoms with Gasteiger partial charge in [-0.2, -0.15) is 8.42 Å². The van der Waals surface area contributed by atoms with Gasteiger partial charge in [-0.3, -0.25) is 57.3 Å². The molecule has 1 aliphatic heterocycles. The molecule has 0 radical (unpaired) electrons. The van der Waals surface area contributed by atoms with E-state index in [-0.39, 0.29) is 38.8 Å². The minimum atomic E-state index is -5.10. The Hall–Kier alpha value is -6.14. The second-order valence-electron chi connectivity index (χ2n) is 20.0. The molecule has 79 heavy (non-hydrogen) atoms. The maximum Gasteiger partial charge on any atom is 0.325 e. The zero-order valence-electron chi connectivity index (χ0n) is 46.6. The Balaban J connectivity index is 3.74. The highest BCUT2D eigenvalue weighted by atomic mass is 32.2. The normalized spacial score (nSPS) is 23.4. The van der Waals surface area contributed by atoms with Crippen molar-refractivity contribution in [3.05, 3.63) is 11.8 Å². The number of aliphatic hydroxyl groups excluding tert-OH is 2. The average molecular weight is 1150 g/mol. The summed E-state index contributed by atoms with van der Waals surface area (Å²) in [5.41, 5.74) is 11.0. The zero-order chi connectivity index (χ0) is 60.0. The number of nitrogens with two attached hydrogens (primary N) is 2. The van der Waals surface area contributed by atoms with E-state index in [4.69, 9.17) is 16.2 Å². The Bertz CT molecular complexity index is 2220. The number of aliphatic hydroxyl groups is 2. The van der Waals surface area contributed by atoms with Crippen LogP contribution in [0.3, 0.4) is 0 Å². The van der Waals surface area contributed by atoms with E-state index < -0.39 is 167 Å². The number of carbonyl (C=O) groups is 11. The van der Waals surface area contributed by atoms with Gasteiger partial charge >= 0.3 is 5.97 Å². The van der Waals surface area contributed by atoms with Crippen molar-refractivity contribution in [3.8, 4) is 0 Å². The summed E-state index contributed by atoms with van der Waals surface area (Å²) in [6.45, 7) is 6.68. The summed E-state index contributed by atoms with van der Waals surface area (Å²) in [6, 6.07) is -12.4. The van der Waals surface area contributed by atoms with Crippen LogP contribution in [-0.4, -0.2) is 187 Å². The maximum absolute atomic E-state index is 14.2. The topological polar surface area (TPSA) is 443 Å². The van der Waals surface area contributed by atoms with E-state index in [1.165, 1.54) is 6.92 Å². The molecule has 1 saturated heterocycles. The van der Waals surface area contributed by atoms with Crippen molar-refractivity contribution in [2.24, 2.45) is 23.3 Å². The lowest BCUT2D eigenvalue weighted by atomic mass is 9.99. The molecule has 0 saturated carbocycles. The standard InChI is InChI=1S/C50H87N11O17S/c1-8-30(5)18-14-12-10-11-13-15-19-32(64)24-39(65)53-38(28-79(75,76)77)47(71)60-42-31(6)78-40(66)25-61(7)50(74)35(20-16-17-22-51)56-46(70)37(27-63)57-48(72)41(29(3)4)59-43(67)33(9-2)54-44(68)34(21-23-52)55-45(69)36(26-62)58-49(42)73/h9,29-31,34-38,41-42,62-63H,8,10-28,51-52H2,1-7H3,(H,53,65)(H,54,68)(H,55,69)(H,56,70)(H,57,72)(H,58,73)(H,59,67)(H,60,71)(H,75,76,77). The van der Waals surface area contributed by atoms with Crippen LogP contribution in [-0.2, 0) is 67.6 Å². The number of ketones is 1. The van der Waals surface area contributed by atoms with Crippen LogP contribution in [0.25, 0.3) is 0 Å². The fourth-order valence-corrected chi connectivity index (χ4v) is 8.66. The predicted octanol–water partition coefficient (Wildman–Crippen LogP) is -3.06. The van der Waals surface area contributed by atoms with E-state index in [2.05, 4.69) is 56.4 Å². The number of nitrogens with zero attached hydrogens (tertiary/aromatic N) is 1. The van der Waals surface area contributed by atoms with Gasteiger partial charge in [0.1, 0.15) is 72.2 Å². The Morgan fingerprint density at radius 2 is 1.33 bits per heavy atom. The molecule has 1 heterocycles. The van der Waals surface area contributed by atoms with Crippen LogP contribution in [0.15, 0.2) is 11.8 Å². The van der Waals surface area contributed by atoms with Gasteiger partial charge in [0.05, 0.1) is 19.6 Å². The number of carbonyl (C=O) groups excluding carboxylic acids is 11. The summed E-state index contributed by atoms with van der Waals surface area (Å²) in [5, 5.41) is 38.8. The highest BCUT2D eigenvalue weighted by Crippen LogP contribution is 2.15. The molecule has 9 atom stereocenters. The average Bonchev–Trinajstić information content (AvgIpc) is 3.37. The van der Waals surface area contributed by atoms with Gasteiger partial charge in [0.2, 0.25) is 47.3 Å². The third-order valence-electron chi connectivity index (χ3n) is 12.9. The number of nitrogens with one attached hydrogen (secondary N) is 8. The fraction of sp³-hybridized carbons (Fsp3) is 0.740. The molecular formula is C50H87N11O17S. The number of hydrogen-bond acceptors (Lipinski definition) is 18. The number of allylic oxidation sites excluding steroid dienone is 1. The van der Waals surface area contributed by atoms with Crippen LogP contribution >= 0.6 is 0 Å². The van der Waals surface area contributed by atoms with Crippen LogP contribution in [0.4, 0.5) is 0 Å². The molecule has 450 valence electrons. The van der Waals surface area contributed by atoms with Gasteiger partial charge in [-0.1, -0.05) is 78.7 Å². The maximum atomic E-state index is 14.2. The van der Waals surface area contributed by atoms with Gasteiger partial charge in [-0.05, 0) is 70.9 Å². The van der Waals surface area contributed by atoms with Crippen molar-refractivity contribution >= 4 is 75.0 Å². The molecule has 9 unspecified atom stereocenters. The second kappa shape index (κ2) is 36.9. The van der Waals surface area contributed by atoms with E-state index in [1.807, 2.05) is 0 Å². The summed E-state index contributed by atoms with van der Waals surface area (Å²) in [7, 11) is -3.96. The Kier molecular flexibility index (Phi) is 33.1. The number of likely N-dealkylation sites (N-methyl/N-ethyl adjacent to an activating group) is 1. The van der Waals surface area contributed by atoms with Crippen molar-refractivity contribution in [3.63, 3.8) is 0 Å². The van der Waals surface area contributed by atoms with E-state index in [9.17, 15) is 75.9 Å². The lowest BCUT2D eigenvalue weighted by Gasteiger charge is -2.29. The van der Waals surface area contributed by atoms with Gasteiger partial charge in [-0.25, -0.2) is 0 Å². The van der Waals surface area contributed by atoms with Gasteiger partial charge in [0.15, 0.2) is 0 Å². The number of rotatable bonds is 26. The van der Waals surface area contributed by atoms with Crippen LogP contribution in [0.1, 0.15) is 131 Å². The number of esters is 1. The van der Waals surface area contributed by atoms with Crippen LogP contribution in [0.5, 0.6) is 0 Å². The predicted molar refractivity (Wildman–Crippen MR) is 287 cm³/mol. The molecule has 0 spiro atoms. The zero-order valence-corrected chi connectivity index (χ0v) is 47.4. The van der Waals surface area contributed by atoms with Crippen molar-refractivity contribution < 1.29 is 80.7 Å². The number of unbranched alkanes of at least 4 members (excludes halogenated alkanes) is 6.